The number of aromatic nitrogens is 1. The normalized spacial score (nSPS) is 11.4. The third-order valence-corrected chi connectivity index (χ3v) is 4.87. The van der Waals surface area contributed by atoms with E-state index in [-0.39, 0.29) is 0 Å². The molecule has 28 heavy (non-hydrogen) atoms. The summed E-state index contributed by atoms with van der Waals surface area (Å²) < 4.78 is 16.3. The van der Waals surface area contributed by atoms with Gasteiger partial charge in [0.2, 0.25) is 0 Å². The summed E-state index contributed by atoms with van der Waals surface area (Å²) in [7, 11) is 5.00. The summed E-state index contributed by atoms with van der Waals surface area (Å²) in [4.78, 5) is 8.86. The first-order valence-corrected chi connectivity index (χ1v) is 10.2. The third-order valence-electron chi connectivity index (χ3n) is 4.00. The Hall–Kier alpha value is -2.48. The number of aliphatic imine (C=N–C) groups is 1. The topological polar surface area (TPSA) is 77.0 Å². The molecule has 0 unspecified atom stereocenters. The summed E-state index contributed by atoms with van der Waals surface area (Å²) in [5.74, 6) is 3.35. The Morgan fingerprint density at radius 2 is 1.79 bits per heavy atom. The molecule has 0 aliphatic rings. The van der Waals surface area contributed by atoms with E-state index < -0.39 is 0 Å². The number of hydrogen-bond acceptors (Lipinski definition) is 6. The molecule has 8 heteroatoms. The number of rotatable bonds is 10. The van der Waals surface area contributed by atoms with E-state index in [2.05, 4.69) is 39.8 Å². The number of methoxy groups -OCH3 is 2. The maximum atomic E-state index is 5.79. The third kappa shape index (κ3) is 6.92. The van der Waals surface area contributed by atoms with Crippen LogP contribution in [0.25, 0.3) is 0 Å². The zero-order valence-electron chi connectivity index (χ0n) is 17.2. The monoisotopic (exact) mass is 406 g/mol. The maximum Gasteiger partial charge on any atom is 0.191 e. The van der Waals surface area contributed by atoms with Gasteiger partial charge in [0, 0.05) is 37.2 Å². The number of nitrogens with one attached hydrogen (secondary N) is 2. The van der Waals surface area contributed by atoms with Crippen LogP contribution in [0.5, 0.6) is 17.2 Å². The molecule has 1 aromatic carbocycles. The van der Waals surface area contributed by atoms with Crippen molar-refractivity contribution in [3.63, 3.8) is 0 Å². The maximum absolute atomic E-state index is 5.79. The van der Waals surface area contributed by atoms with Crippen LogP contribution in [-0.2, 0) is 6.54 Å². The quantitative estimate of drug-likeness (QED) is 0.358. The summed E-state index contributed by atoms with van der Waals surface area (Å²) in [6.45, 7) is 6.28. The molecule has 0 saturated heterocycles. The van der Waals surface area contributed by atoms with Crippen LogP contribution < -0.4 is 24.8 Å². The SMILES string of the molecule is CN=C(NCCCOc1cc(OC)cc(OC)c1)NCc1nc(C(C)C)cs1. The highest BCUT2D eigenvalue weighted by Gasteiger charge is 2.06. The van der Waals surface area contributed by atoms with Crippen molar-refractivity contribution >= 4 is 17.3 Å². The van der Waals surface area contributed by atoms with Crippen LogP contribution in [0.15, 0.2) is 28.6 Å². The molecule has 0 amide bonds. The Kier molecular flexibility index (Phi) is 8.87. The van der Waals surface area contributed by atoms with E-state index in [1.165, 1.54) is 0 Å². The van der Waals surface area contributed by atoms with Gasteiger partial charge in [-0.2, -0.15) is 0 Å². The minimum Gasteiger partial charge on any atom is -0.496 e. The van der Waals surface area contributed by atoms with E-state index in [0.717, 1.165) is 35.4 Å². The van der Waals surface area contributed by atoms with Crippen LogP contribution in [0.1, 0.15) is 36.9 Å². The first-order valence-electron chi connectivity index (χ1n) is 9.30. The summed E-state index contributed by atoms with van der Waals surface area (Å²) in [5, 5.41) is 9.75. The molecule has 1 heterocycles. The van der Waals surface area contributed by atoms with E-state index in [4.69, 9.17) is 14.2 Å². The lowest BCUT2D eigenvalue weighted by atomic mass is 10.2. The predicted molar refractivity (Wildman–Crippen MR) is 114 cm³/mol. The minimum absolute atomic E-state index is 0.451. The Morgan fingerprint density at radius 1 is 1.11 bits per heavy atom. The fraction of sp³-hybridized carbons (Fsp3) is 0.500. The molecule has 0 spiro atoms. The number of ether oxygens (including phenoxy) is 3. The van der Waals surface area contributed by atoms with E-state index in [1.807, 2.05) is 18.2 Å². The number of guanidine groups is 1. The average Bonchev–Trinajstić information content (AvgIpc) is 3.19. The van der Waals surface area contributed by atoms with Crippen molar-refractivity contribution in [2.75, 3.05) is 34.4 Å². The number of benzene rings is 1. The Bertz CT molecular complexity index is 739. The lowest BCUT2D eigenvalue weighted by Gasteiger charge is -2.12. The van der Waals surface area contributed by atoms with Crippen LogP contribution in [0.4, 0.5) is 0 Å². The van der Waals surface area contributed by atoms with Gasteiger partial charge in [0.1, 0.15) is 22.3 Å². The molecule has 0 aliphatic heterocycles. The van der Waals surface area contributed by atoms with Gasteiger partial charge in [-0.15, -0.1) is 11.3 Å². The Morgan fingerprint density at radius 3 is 2.36 bits per heavy atom. The van der Waals surface area contributed by atoms with E-state index in [9.17, 15) is 0 Å². The predicted octanol–water partition coefficient (Wildman–Crippen LogP) is 3.42. The smallest absolute Gasteiger partial charge is 0.191 e. The van der Waals surface area contributed by atoms with Gasteiger partial charge in [0.05, 0.1) is 33.1 Å². The van der Waals surface area contributed by atoms with Gasteiger partial charge in [-0.05, 0) is 12.3 Å². The van der Waals surface area contributed by atoms with E-state index in [1.54, 1.807) is 32.6 Å². The van der Waals surface area contributed by atoms with E-state index >= 15 is 0 Å². The second-order valence-electron chi connectivity index (χ2n) is 6.42. The number of thiazole rings is 1. The lowest BCUT2D eigenvalue weighted by Crippen LogP contribution is -2.37. The molecule has 2 aromatic rings. The molecule has 2 N–H and O–H groups in total. The minimum atomic E-state index is 0.451. The summed E-state index contributed by atoms with van der Waals surface area (Å²) in [5.41, 5.74) is 1.14. The average molecular weight is 407 g/mol. The van der Waals surface area contributed by atoms with Gasteiger partial charge in [0.15, 0.2) is 5.96 Å². The standard InChI is InChI=1S/C20H30N4O3S/c1-14(2)18-13-28-19(24-18)12-23-20(21-3)22-7-6-8-27-17-10-15(25-4)9-16(11-17)26-5/h9-11,13-14H,6-8,12H2,1-5H3,(H2,21,22,23). The molecular formula is C20H30N4O3S. The van der Waals surface area contributed by atoms with Gasteiger partial charge in [0.25, 0.3) is 0 Å². The molecule has 0 bridgehead atoms. The van der Waals surface area contributed by atoms with Gasteiger partial charge in [-0.3, -0.25) is 4.99 Å². The second kappa shape index (κ2) is 11.4. The first kappa shape index (κ1) is 21.8. The fourth-order valence-electron chi connectivity index (χ4n) is 2.39. The second-order valence-corrected chi connectivity index (χ2v) is 7.37. The van der Waals surface area contributed by atoms with Crippen LogP contribution in [0.2, 0.25) is 0 Å². The molecule has 0 radical (unpaired) electrons. The highest BCUT2D eigenvalue weighted by molar-refractivity contribution is 7.09. The highest BCUT2D eigenvalue weighted by Crippen LogP contribution is 2.27. The zero-order valence-corrected chi connectivity index (χ0v) is 18.1. The zero-order chi connectivity index (χ0) is 20.4. The Balaban J connectivity index is 1.70. The van der Waals surface area contributed by atoms with Crippen molar-refractivity contribution in [1.29, 1.82) is 0 Å². The first-order chi connectivity index (χ1) is 13.5. The largest absolute Gasteiger partial charge is 0.496 e. The summed E-state index contributed by atoms with van der Waals surface area (Å²) >= 11 is 1.67. The molecule has 154 valence electrons. The van der Waals surface area contributed by atoms with Crippen molar-refractivity contribution in [2.45, 2.75) is 32.7 Å². The number of nitrogens with zero attached hydrogens (tertiary/aromatic N) is 2. The van der Waals surface area contributed by atoms with Crippen LogP contribution in [0, 0.1) is 0 Å². The molecule has 0 saturated carbocycles. The molecular weight excluding hydrogens is 376 g/mol. The lowest BCUT2D eigenvalue weighted by molar-refractivity contribution is 0.305. The molecule has 0 aliphatic carbocycles. The molecule has 2 rings (SSSR count). The molecule has 1 aromatic heterocycles. The van der Waals surface area contributed by atoms with Crippen molar-refractivity contribution in [3.8, 4) is 17.2 Å². The summed E-state index contributed by atoms with van der Waals surface area (Å²) in [6, 6.07) is 5.50. The van der Waals surface area contributed by atoms with Gasteiger partial charge in [-0.25, -0.2) is 4.98 Å². The van der Waals surface area contributed by atoms with Crippen molar-refractivity contribution in [1.82, 2.24) is 15.6 Å². The highest BCUT2D eigenvalue weighted by atomic mass is 32.1. The summed E-state index contributed by atoms with van der Waals surface area (Å²) in [6.07, 6.45) is 0.828. The van der Waals surface area contributed by atoms with Gasteiger partial charge < -0.3 is 24.8 Å². The van der Waals surface area contributed by atoms with E-state index in [0.29, 0.717) is 30.6 Å². The molecule has 0 fully saturated rings. The van der Waals surface area contributed by atoms with Crippen LogP contribution >= 0.6 is 11.3 Å². The number of hydrogen-bond donors (Lipinski definition) is 2. The van der Waals surface area contributed by atoms with Crippen LogP contribution in [-0.4, -0.2) is 45.4 Å². The van der Waals surface area contributed by atoms with Crippen LogP contribution in [0.3, 0.4) is 0 Å². The van der Waals surface area contributed by atoms with Crippen molar-refractivity contribution in [3.05, 3.63) is 34.3 Å². The molecule has 7 nitrogen and oxygen atoms in total. The van der Waals surface area contributed by atoms with Gasteiger partial charge in [-0.1, -0.05) is 13.8 Å². The van der Waals surface area contributed by atoms with Gasteiger partial charge >= 0.3 is 0 Å². The fourth-order valence-corrected chi connectivity index (χ4v) is 3.28. The van der Waals surface area contributed by atoms with Crippen molar-refractivity contribution < 1.29 is 14.2 Å². The Labute approximate surface area is 171 Å². The van der Waals surface area contributed by atoms with Crippen molar-refractivity contribution in [2.24, 2.45) is 4.99 Å². The molecule has 0 atom stereocenters.